The Morgan fingerprint density at radius 3 is 2.83 bits per heavy atom. The molecule has 0 unspecified atom stereocenters. The summed E-state index contributed by atoms with van der Waals surface area (Å²) in [5, 5.41) is 21.8. The molecule has 1 heterocycles. The third-order valence-corrected chi connectivity index (χ3v) is 2.77. The van der Waals surface area contributed by atoms with E-state index in [0.29, 0.717) is 12.1 Å². The van der Waals surface area contributed by atoms with E-state index in [4.69, 9.17) is 10.0 Å². The van der Waals surface area contributed by atoms with Crippen molar-refractivity contribution in [2.24, 2.45) is 0 Å². The average molecular weight is 246 g/mol. The van der Waals surface area contributed by atoms with Crippen molar-refractivity contribution in [3.8, 4) is 0 Å². The maximum absolute atomic E-state index is 10.8. The van der Waals surface area contributed by atoms with Gasteiger partial charge in [-0.2, -0.15) is 0 Å². The standard InChI is InChI=1S/C12H15BN2O3/c1-8(16)14-5-4-9-2-3-10-7-12(13(17)18)15-11(10)6-9/h2-3,6-7,15,17-18H,4-5H2,1H3,(H,14,16). The Hall–Kier alpha value is -1.79. The molecule has 0 aliphatic carbocycles. The fraction of sp³-hybridized carbons (Fsp3) is 0.250. The number of benzene rings is 1. The van der Waals surface area contributed by atoms with E-state index in [0.717, 1.165) is 22.9 Å². The smallest absolute Gasteiger partial charge is 0.422 e. The number of nitrogens with one attached hydrogen (secondary N) is 2. The summed E-state index contributed by atoms with van der Waals surface area (Å²) in [7, 11) is -1.49. The molecule has 0 saturated heterocycles. The maximum Gasteiger partial charge on any atom is 0.505 e. The molecule has 1 aromatic heterocycles. The van der Waals surface area contributed by atoms with Crippen LogP contribution in [0.5, 0.6) is 0 Å². The molecule has 94 valence electrons. The molecule has 0 aliphatic rings. The summed E-state index contributed by atoms with van der Waals surface area (Å²) in [6.45, 7) is 2.08. The van der Waals surface area contributed by atoms with Gasteiger partial charge in [-0.1, -0.05) is 12.1 Å². The molecule has 0 fully saturated rings. The second-order valence-corrected chi connectivity index (χ2v) is 4.25. The van der Waals surface area contributed by atoms with Crippen LogP contribution in [0, 0.1) is 0 Å². The molecular formula is C12H15BN2O3. The number of aromatic amines is 1. The zero-order valence-corrected chi connectivity index (χ0v) is 10.1. The first kappa shape index (κ1) is 12.7. The van der Waals surface area contributed by atoms with Crippen LogP contribution in [0.25, 0.3) is 10.9 Å². The Labute approximate surface area is 105 Å². The molecule has 0 bridgehead atoms. The third-order valence-electron chi connectivity index (χ3n) is 2.77. The van der Waals surface area contributed by atoms with E-state index in [1.54, 1.807) is 6.07 Å². The molecule has 0 radical (unpaired) electrons. The van der Waals surface area contributed by atoms with Gasteiger partial charge in [0.05, 0.1) is 0 Å². The van der Waals surface area contributed by atoms with Crippen molar-refractivity contribution in [3.63, 3.8) is 0 Å². The van der Waals surface area contributed by atoms with Gasteiger partial charge >= 0.3 is 7.12 Å². The summed E-state index contributed by atoms with van der Waals surface area (Å²) in [5.41, 5.74) is 2.32. The van der Waals surface area contributed by atoms with Crippen molar-refractivity contribution in [3.05, 3.63) is 29.8 Å². The van der Waals surface area contributed by atoms with Gasteiger partial charge < -0.3 is 20.3 Å². The summed E-state index contributed by atoms with van der Waals surface area (Å²) < 4.78 is 0. The predicted molar refractivity (Wildman–Crippen MR) is 70.5 cm³/mol. The zero-order valence-electron chi connectivity index (χ0n) is 10.1. The van der Waals surface area contributed by atoms with E-state index in [-0.39, 0.29) is 5.91 Å². The first-order valence-corrected chi connectivity index (χ1v) is 5.78. The molecule has 0 atom stereocenters. The zero-order chi connectivity index (χ0) is 13.1. The Morgan fingerprint density at radius 1 is 1.39 bits per heavy atom. The minimum absolute atomic E-state index is 0.0401. The van der Waals surface area contributed by atoms with Crippen LogP contribution in [0.3, 0.4) is 0 Å². The van der Waals surface area contributed by atoms with Crippen LogP contribution in [0.1, 0.15) is 12.5 Å². The highest BCUT2D eigenvalue weighted by atomic mass is 16.4. The summed E-state index contributed by atoms with van der Waals surface area (Å²) >= 11 is 0. The van der Waals surface area contributed by atoms with Gasteiger partial charge in [-0.25, -0.2) is 0 Å². The fourth-order valence-electron chi connectivity index (χ4n) is 1.87. The van der Waals surface area contributed by atoms with Crippen molar-refractivity contribution in [1.29, 1.82) is 0 Å². The van der Waals surface area contributed by atoms with E-state index >= 15 is 0 Å². The molecule has 1 amide bonds. The monoisotopic (exact) mass is 246 g/mol. The highest BCUT2D eigenvalue weighted by Crippen LogP contribution is 2.13. The number of amides is 1. The average Bonchev–Trinajstić information content (AvgIpc) is 2.71. The number of fused-ring (bicyclic) bond motifs is 1. The van der Waals surface area contributed by atoms with Crippen molar-refractivity contribution in [1.82, 2.24) is 10.3 Å². The highest BCUT2D eigenvalue weighted by molar-refractivity contribution is 6.58. The summed E-state index contributed by atoms with van der Waals surface area (Å²) in [6, 6.07) is 7.53. The van der Waals surface area contributed by atoms with E-state index in [1.165, 1.54) is 6.92 Å². The molecule has 0 aliphatic heterocycles. The molecular weight excluding hydrogens is 231 g/mol. The molecule has 18 heavy (non-hydrogen) atoms. The normalized spacial score (nSPS) is 10.6. The number of aromatic nitrogens is 1. The van der Waals surface area contributed by atoms with Crippen LogP contribution in [0.15, 0.2) is 24.3 Å². The first-order chi connectivity index (χ1) is 8.56. The Balaban J connectivity index is 2.14. The molecule has 4 N–H and O–H groups in total. The number of carbonyl (C=O) groups is 1. The van der Waals surface area contributed by atoms with E-state index < -0.39 is 7.12 Å². The largest absolute Gasteiger partial charge is 0.505 e. The van der Waals surface area contributed by atoms with Crippen molar-refractivity contribution >= 4 is 29.5 Å². The molecule has 0 spiro atoms. The lowest BCUT2D eigenvalue weighted by Gasteiger charge is -2.02. The summed E-state index contributed by atoms with van der Waals surface area (Å²) in [4.78, 5) is 13.7. The van der Waals surface area contributed by atoms with E-state index in [1.807, 2.05) is 18.2 Å². The summed E-state index contributed by atoms with van der Waals surface area (Å²) in [5.74, 6) is -0.0401. The molecule has 1 aromatic carbocycles. The van der Waals surface area contributed by atoms with Gasteiger partial charge in [-0.3, -0.25) is 4.79 Å². The fourth-order valence-corrected chi connectivity index (χ4v) is 1.87. The molecule has 2 aromatic rings. The van der Waals surface area contributed by atoms with Crippen LogP contribution in [-0.4, -0.2) is 34.6 Å². The highest BCUT2D eigenvalue weighted by Gasteiger charge is 2.13. The Bertz CT molecular complexity index is 565. The Morgan fingerprint density at radius 2 is 2.17 bits per heavy atom. The maximum atomic E-state index is 10.8. The molecule has 2 rings (SSSR count). The van der Waals surface area contributed by atoms with E-state index in [2.05, 4.69) is 10.3 Å². The van der Waals surface area contributed by atoms with Crippen LogP contribution >= 0.6 is 0 Å². The van der Waals surface area contributed by atoms with Crippen LogP contribution < -0.4 is 10.9 Å². The number of hydrogen-bond acceptors (Lipinski definition) is 3. The molecule has 6 heteroatoms. The van der Waals surface area contributed by atoms with Gasteiger partial charge in [0, 0.05) is 24.6 Å². The van der Waals surface area contributed by atoms with Crippen molar-refractivity contribution in [2.75, 3.05) is 6.54 Å². The predicted octanol–water partition coefficient (Wildman–Crippen LogP) is -0.474. The lowest BCUT2D eigenvalue weighted by molar-refractivity contribution is -0.118. The first-order valence-electron chi connectivity index (χ1n) is 5.78. The van der Waals surface area contributed by atoms with Gasteiger partial charge in [0.1, 0.15) is 0 Å². The second-order valence-electron chi connectivity index (χ2n) is 4.25. The summed E-state index contributed by atoms with van der Waals surface area (Å²) in [6.07, 6.45) is 0.742. The number of rotatable bonds is 4. The van der Waals surface area contributed by atoms with Gasteiger partial charge in [-0.05, 0) is 29.5 Å². The third kappa shape index (κ3) is 2.91. The lowest BCUT2D eigenvalue weighted by atomic mass is 9.86. The van der Waals surface area contributed by atoms with Gasteiger partial charge in [-0.15, -0.1) is 0 Å². The van der Waals surface area contributed by atoms with Crippen LogP contribution in [-0.2, 0) is 11.2 Å². The lowest BCUT2D eigenvalue weighted by Crippen LogP contribution is -2.30. The number of hydrogen-bond donors (Lipinski definition) is 4. The topological polar surface area (TPSA) is 85.3 Å². The number of carbonyl (C=O) groups excluding carboxylic acids is 1. The van der Waals surface area contributed by atoms with Crippen LogP contribution in [0.2, 0.25) is 0 Å². The molecule has 5 nitrogen and oxygen atoms in total. The number of H-pyrrole nitrogens is 1. The van der Waals surface area contributed by atoms with Crippen LogP contribution in [0.4, 0.5) is 0 Å². The van der Waals surface area contributed by atoms with E-state index in [9.17, 15) is 4.79 Å². The molecule has 0 saturated carbocycles. The van der Waals surface area contributed by atoms with Gasteiger partial charge in [0.15, 0.2) is 0 Å². The quantitative estimate of drug-likeness (QED) is 0.550. The van der Waals surface area contributed by atoms with Gasteiger partial charge in [0.25, 0.3) is 0 Å². The van der Waals surface area contributed by atoms with Crippen molar-refractivity contribution < 1.29 is 14.8 Å². The second kappa shape index (κ2) is 5.24. The minimum atomic E-state index is -1.49. The van der Waals surface area contributed by atoms with Crippen molar-refractivity contribution in [2.45, 2.75) is 13.3 Å². The van der Waals surface area contributed by atoms with Gasteiger partial charge in [0.2, 0.25) is 5.91 Å². The Kier molecular flexibility index (Phi) is 3.69. The minimum Gasteiger partial charge on any atom is -0.422 e. The SMILES string of the molecule is CC(=O)NCCc1ccc2cc(B(O)O)[nH]c2c1.